The summed E-state index contributed by atoms with van der Waals surface area (Å²) in [6.07, 6.45) is 1.94. The minimum atomic E-state index is -1.35. The maximum Gasteiger partial charge on any atom is 0.411 e. The molecule has 0 radical (unpaired) electrons. The Morgan fingerprint density at radius 2 is 1.96 bits per heavy atom. The summed E-state index contributed by atoms with van der Waals surface area (Å²) in [5.41, 5.74) is -1.64. The van der Waals surface area contributed by atoms with Crippen LogP contribution in [-0.2, 0) is 23.7 Å². The van der Waals surface area contributed by atoms with Crippen molar-refractivity contribution in [2.45, 2.75) is 64.1 Å². The molecular weight excluding hydrogens is 342 g/mol. The lowest BCUT2D eigenvalue weighted by atomic mass is 9.93. The van der Waals surface area contributed by atoms with E-state index in [1.165, 1.54) is 12.0 Å². The number of likely N-dealkylation sites (tertiary alicyclic amines) is 1. The largest absolute Gasteiger partial charge is 0.467 e. The molecule has 8 heteroatoms. The van der Waals surface area contributed by atoms with Gasteiger partial charge in [0.1, 0.15) is 11.2 Å². The Labute approximate surface area is 154 Å². The van der Waals surface area contributed by atoms with Crippen LogP contribution >= 0.6 is 0 Å². The average Bonchev–Trinajstić information content (AvgIpc) is 3.11. The van der Waals surface area contributed by atoms with Gasteiger partial charge in [-0.1, -0.05) is 6.08 Å². The quantitative estimate of drug-likeness (QED) is 0.592. The minimum Gasteiger partial charge on any atom is -0.467 e. The first kappa shape index (κ1) is 20.7. The molecule has 2 atom stereocenters. The molecule has 26 heavy (non-hydrogen) atoms. The zero-order chi connectivity index (χ0) is 19.5. The number of amides is 1. The maximum absolute atomic E-state index is 12.5. The highest BCUT2D eigenvalue weighted by Crippen LogP contribution is 2.35. The molecule has 1 N–H and O–H groups in total. The predicted molar refractivity (Wildman–Crippen MR) is 92.4 cm³/mol. The molecule has 0 saturated carbocycles. The number of β-amino-alcohol motifs (C(OH)–C–C–N with tert-alkyl or cyclic N) is 1. The number of hydrogen-bond acceptors (Lipinski definition) is 7. The number of carbonyl (C=O) groups is 2. The van der Waals surface area contributed by atoms with E-state index >= 15 is 0 Å². The van der Waals surface area contributed by atoms with Crippen molar-refractivity contribution in [1.29, 1.82) is 0 Å². The normalized spacial score (nSPS) is 28.6. The number of esters is 1. The van der Waals surface area contributed by atoms with Gasteiger partial charge in [0, 0.05) is 6.42 Å². The Hall–Kier alpha value is -1.64. The van der Waals surface area contributed by atoms with E-state index in [9.17, 15) is 14.7 Å². The molecule has 148 valence electrons. The van der Waals surface area contributed by atoms with Crippen molar-refractivity contribution in [3.63, 3.8) is 0 Å². The molecule has 0 aliphatic carbocycles. The number of nitrogens with zero attached hydrogens (tertiary/aromatic N) is 1. The fourth-order valence-corrected chi connectivity index (χ4v) is 3.11. The van der Waals surface area contributed by atoms with Crippen LogP contribution in [0.2, 0.25) is 0 Å². The topological polar surface area (TPSA) is 94.5 Å². The zero-order valence-electron chi connectivity index (χ0n) is 16.1. The van der Waals surface area contributed by atoms with Crippen molar-refractivity contribution in [3.8, 4) is 0 Å². The van der Waals surface area contributed by atoms with Gasteiger partial charge in [-0.25, -0.2) is 9.59 Å². The summed E-state index contributed by atoms with van der Waals surface area (Å²) in [5, 5.41) is 10.8. The number of aliphatic hydroxyl groups is 1. The highest BCUT2D eigenvalue weighted by molar-refractivity contribution is 5.86. The summed E-state index contributed by atoms with van der Waals surface area (Å²) < 4.78 is 21.0. The van der Waals surface area contributed by atoms with Gasteiger partial charge in [0.2, 0.25) is 0 Å². The van der Waals surface area contributed by atoms with E-state index in [0.29, 0.717) is 31.6 Å². The molecule has 0 bridgehead atoms. The van der Waals surface area contributed by atoms with E-state index < -0.39 is 29.3 Å². The molecule has 8 nitrogen and oxygen atoms in total. The molecule has 0 aromatic rings. The van der Waals surface area contributed by atoms with E-state index in [1.807, 2.05) is 0 Å². The SMILES string of the molecule is COC(=O)[C@@H]1/C(=C\CCC2OCCO2)[C@](C)(O)CN1C(=O)OC(C)(C)C. The predicted octanol–water partition coefficient (Wildman–Crippen LogP) is 1.61. The molecule has 2 fully saturated rings. The van der Waals surface area contributed by atoms with Gasteiger partial charge in [-0.2, -0.15) is 0 Å². The van der Waals surface area contributed by atoms with Crippen LogP contribution < -0.4 is 0 Å². The molecule has 0 aromatic heterocycles. The third kappa shape index (κ3) is 4.96. The summed E-state index contributed by atoms with van der Waals surface area (Å²) in [7, 11) is 1.25. The third-order valence-electron chi connectivity index (χ3n) is 4.22. The smallest absolute Gasteiger partial charge is 0.411 e. The summed E-state index contributed by atoms with van der Waals surface area (Å²) >= 11 is 0. The van der Waals surface area contributed by atoms with Gasteiger partial charge in [-0.3, -0.25) is 4.90 Å². The molecule has 2 aliphatic rings. The van der Waals surface area contributed by atoms with Crippen molar-refractivity contribution in [2.24, 2.45) is 0 Å². The van der Waals surface area contributed by atoms with Crippen molar-refractivity contribution < 1.29 is 33.6 Å². The average molecular weight is 371 g/mol. The second kappa shape index (κ2) is 7.94. The van der Waals surface area contributed by atoms with Crippen molar-refractivity contribution in [2.75, 3.05) is 26.9 Å². The van der Waals surface area contributed by atoms with Gasteiger partial charge in [-0.05, 0) is 39.7 Å². The first-order valence-electron chi connectivity index (χ1n) is 8.79. The molecule has 2 heterocycles. The zero-order valence-corrected chi connectivity index (χ0v) is 16.1. The lowest BCUT2D eigenvalue weighted by molar-refractivity contribution is -0.144. The number of hydrogen-bond donors (Lipinski definition) is 1. The number of methoxy groups -OCH3 is 1. The first-order chi connectivity index (χ1) is 12.0. The number of rotatable bonds is 4. The first-order valence-corrected chi connectivity index (χ1v) is 8.79. The second-order valence-corrected chi connectivity index (χ2v) is 7.72. The van der Waals surface area contributed by atoms with Crippen LogP contribution in [0, 0.1) is 0 Å². The van der Waals surface area contributed by atoms with Crippen LogP contribution in [0.5, 0.6) is 0 Å². The summed E-state index contributed by atoms with van der Waals surface area (Å²) in [6.45, 7) is 7.87. The Kier molecular flexibility index (Phi) is 6.31. The monoisotopic (exact) mass is 371 g/mol. The van der Waals surface area contributed by atoms with Gasteiger partial charge in [0.15, 0.2) is 12.3 Å². The summed E-state index contributed by atoms with van der Waals surface area (Å²) in [6, 6.07) is -1.02. The van der Waals surface area contributed by atoms with E-state index in [4.69, 9.17) is 18.9 Å². The number of allylic oxidation sites excluding steroid dienone is 1. The van der Waals surface area contributed by atoms with Crippen LogP contribution in [0.15, 0.2) is 11.6 Å². The van der Waals surface area contributed by atoms with Gasteiger partial charge in [0.05, 0.1) is 26.9 Å². The lowest BCUT2D eigenvalue weighted by Crippen LogP contribution is -2.44. The van der Waals surface area contributed by atoms with Crippen LogP contribution in [0.1, 0.15) is 40.5 Å². The summed E-state index contributed by atoms with van der Waals surface area (Å²) in [4.78, 5) is 26.1. The third-order valence-corrected chi connectivity index (χ3v) is 4.22. The summed E-state index contributed by atoms with van der Waals surface area (Å²) in [5.74, 6) is -0.617. The van der Waals surface area contributed by atoms with Gasteiger partial charge < -0.3 is 24.1 Å². The number of ether oxygens (including phenoxy) is 4. The van der Waals surface area contributed by atoms with Crippen LogP contribution in [0.3, 0.4) is 0 Å². The molecule has 0 unspecified atom stereocenters. The maximum atomic E-state index is 12.5. The van der Waals surface area contributed by atoms with Crippen LogP contribution in [0.4, 0.5) is 4.79 Å². The molecule has 0 spiro atoms. The lowest BCUT2D eigenvalue weighted by Gasteiger charge is -2.27. The van der Waals surface area contributed by atoms with Gasteiger partial charge >= 0.3 is 12.1 Å². The standard InChI is InChI=1S/C18H29NO7/c1-17(2,3)26-16(21)19-11-18(4,22)12(14(19)15(20)23-5)7-6-8-13-24-9-10-25-13/h7,13-14,22H,6,8-11H2,1-5H3/b12-7+/t14-,18+/m0/s1. The van der Waals surface area contributed by atoms with Gasteiger partial charge in [0.25, 0.3) is 0 Å². The fourth-order valence-electron chi connectivity index (χ4n) is 3.11. The fraction of sp³-hybridized carbons (Fsp3) is 0.778. The highest BCUT2D eigenvalue weighted by atomic mass is 16.7. The molecule has 0 aromatic carbocycles. The molecule has 2 rings (SSSR count). The van der Waals surface area contributed by atoms with E-state index in [1.54, 1.807) is 33.8 Å². The molecular formula is C18H29NO7. The molecule has 2 saturated heterocycles. The minimum absolute atomic E-state index is 0.0516. The Morgan fingerprint density at radius 3 is 2.50 bits per heavy atom. The Balaban J connectivity index is 2.20. The number of carbonyl (C=O) groups excluding carboxylic acids is 2. The van der Waals surface area contributed by atoms with E-state index in [-0.39, 0.29) is 12.8 Å². The van der Waals surface area contributed by atoms with Crippen molar-refractivity contribution >= 4 is 12.1 Å². The highest BCUT2D eigenvalue weighted by Gasteiger charge is 2.51. The van der Waals surface area contributed by atoms with Crippen molar-refractivity contribution in [1.82, 2.24) is 4.90 Å². The molecule has 1 amide bonds. The van der Waals surface area contributed by atoms with Crippen LogP contribution in [0.25, 0.3) is 0 Å². The van der Waals surface area contributed by atoms with E-state index in [0.717, 1.165) is 0 Å². The van der Waals surface area contributed by atoms with E-state index in [2.05, 4.69) is 0 Å². The van der Waals surface area contributed by atoms with Crippen LogP contribution in [-0.4, -0.2) is 72.5 Å². The Morgan fingerprint density at radius 1 is 1.35 bits per heavy atom. The molecule has 2 aliphatic heterocycles. The Bertz CT molecular complexity index is 558. The van der Waals surface area contributed by atoms with Gasteiger partial charge in [-0.15, -0.1) is 0 Å². The second-order valence-electron chi connectivity index (χ2n) is 7.72. The van der Waals surface area contributed by atoms with Crippen molar-refractivity contribution in [3.05, 3.63) is 11.6 Å².